The van der Waals surface area contributed by atoms with Crippen LogP contribution < -0.4 is 10.6 Å². The number of hydrogen-bond donors (Lipinski definition) is 1. The molecule has 11 heteroatoms. The summed E-state index contributed by atoms with van der Waals surface area (Å²) in [4.78, 5) is 28.3. The Morgan fingerprint density at radius 3 is 2.76 bits per heavy atom. The molecule has 0 spiro atoms. The van der Waals surface area contributed by atoms with Crippen molar-refractivity contribution in [3.63, 3.8) is 0 Å². The second-order valence-electron chi connectivity index (χ2n) is 8.21. The number of halogens is 1. The van der Waals surface area contributed by atoms with Gasteiger partial charge in [-0.05, 0) is 42.7 Å². The van der Waals surface area contributed by atoms with E-state index in [1.165, 1.54) is 22.4 Å². The van der Waals surface area contributed by atoms with Gasteiger partial charge in [0, 0.05) is 23.8 Å². The molecule has 1 aliphatic carbocycles. The number of aromatic nitrogens is 3. The molecule has 1 amide bonds. The molecule has 0 saturated heterocycles. The van der Waals surface area contributed by atoms with Crippen molar-refractivity contribution in [2.75, 3.05) is 16.9 Å². The summed E-state index contributed by atoms with van der Waals surface area (Å²) in [6.45, 7) is 0.101. The maximum atomic E-state index is 13.7. The van der Waals surface area contributed by atoms with Gasteiger partial charge in [-0.2, -0.15) is 0 Å². The summed E-state index contributed by atoms with van der Waals surface area (Å²) in [6.07, 6.45) is 6.18. The lowest BCUT2D eigenvalue weighted by Crippen LogP contribution is -2.31. The van der Waals surface area contributed by atoms with Crippen LogP contribution >= 0.6 is 22.9 Å². The smallest absolute Gasteiger partial charge is 0.270 e. The number of thiazole rings is 1. The lowest BCUT2D eigenvalue weighted by molar-refractivity contribution is 0.0988. The number of rotatable bonds is 6. The fourth-order valence-corrected chi connectivity index (χ4v) is 5.67. The number of nitrogens with zero attached hydrogens (tertiary/aromatic N) is 4. The molecule has 5 rings (SSSR count). The number of pyridine rings is 2. The lowest BCUT2D eigenvalue weighted by Gasteiger charge is -2.24. The maximum absolute atomic E-state index is 13.7. The highest BCUT2D eigenvalue weighted by atomic mass is 35.5. The van der Waals surface area contributed by atoms with Crippen LogP contribution in [0.3, 0.4) is 0 Å². The zero-order valence-electron chi connectivity index (χ0n) is 18.1. The van der Waals surface area contributed by atoms with E-state index in [4.69, 9.17) is 17.3 Å². The van der Waals surface area contributed by atoms with Crippen LogP contribution in [0, 0.1) is 0 Å². The van der Waals surface area contributed by atoms with E-state index in [0.29, 0.717) is 21.3 Å². The average molecular weight is 514 g/mol. The molecular formula is C23H20ClN5O3S2. The van der Waals surface area contributed by atoms with Gasteiger partial charge >= 0.3 is 0 Å². The molecule has 8 nitrogen and oxygen atoms in total. The Balaban J connectivity index is 1.59. The molecule has 0 bridgehead atoms. The number of benzene rings is 1. The van der Waals surface area contributed by atoms with E-state index in [-0.39, 0.29) is 29.0 Å². The van der Waals surface area contributed by atoms with Crippen LogP contribution in [-0.2, 0) is 16.4 Å². The third kappa shape index (κ3) is 4.48. The Bertz CT molecular complexity index is 1530. The van der Waals surface area contributed by atoms with E-state index in [9.17, 15) is 13.2 Å². The zero-order valence-corrected chi connectivity index (χ0v) is 20.5. The molecule has 2 N–H and O–H groups in total. The number of anilines is 2. The fraction of sp³-hybridized carbons (Fsp3) is 0.217. The summed E-state index contributed by atoms with van der Waals surface area (Å²) in [5.41, 5.74) is 7.43. The van der Waals surface area contributed by atoms with Crippen molar-refractivity contribution in [1.82, 2.24) is 15.0 Å². The molecule has 3 heterocycles. The van der Waals surface area contributed by atoms with Gasteiger partial charge < -0.3 is 10.6 Å². The molecule has 4 aromatic rings. The van der Waals surface area contributed by atoms with E-state index >= 15 is 0 Å². The molecule has 1 saturated carbocycles. The van der Waals surface area contributed by atoms with Crippen molar-refractivity contribution in [2.45, 2.75) is 30.3 Å². The first-order chi connectivity index (χ1) is 16.2. The number of amides is 1. The molecule has 174 valence electrons. The normalized spacial score (nSPS) is 13.8. The zero-order chi connectivity index (χ0) is 24.0. The van der Waals surface area contributed by atoms with Crippen molar-refractivity contribution in [2.24, 2.45) is 0 Å². The lowest BCUT2D eigenvalue weighted by atomic mass is 10.1. The van der Waals surface area contributed by atoms with Crippen LogP contribution in [0.1, 0.15) is 39.0 Å². The van der Waals surface area contributed by atoms with Crippen LogP contribution in [0.5, 0.6) is 0 Å². The standard InChI is InChI=1S/C23H20ClN5O3S2/c1-34(31,32)22-18(3-2-8-26-22)29(23(30)19-11-27-21(33-19)14-6-7-14)12-13-4-5-15-10-16(24)20(25)28-17(15)9-13/h2-5,8-11,14H,6-7,12H2,1H3,(H2,25,28). The predicted molar refractivity (Wildman–Crippen MR) is 133 cm³/mol. The van der Waals surface area contributed by atoms with Crippen LogP contribution in [0.2, 0.25) is 5.02 Å². The van der Waals surface area contributed by atoms with Gasteiger partial charge in [0.15, 0.2) is 14.9 Å². The molecular weight excluding hydrogens is 494 g/mol. The summed E-state index contributed by atoms with van der Waals surface area (Å²) >= 11 is 7.43. The van der Waals surface area contributed by atoms with Crippen LogP contribution in [0.25, 0.3) is 10.9 Å². The first kappa shape index (κ1) is 22.7. The largest absolute Gasteiger partial charge is 0.382 e. The van der Waals surface area contributed by atoms with Gasteiger partial charge in [-0.3, -0.25) is 4.79 Å². The van der Waals surface area contributed by atoms with Gasteiger partial charge in [-0.25, -0.2) is 23.4 Å². The van der Waals surface area contributed by atoms with Crippen molar-refractivity contribution in [3.8, 4) is 0 Å². The molecule has 3 aromatic heterocycles. The Labute approximate surface area is 205 Å². The van der Waals surface area contributed by atoms with Crippen molar-refractivity contribution in [3.05, 3.63) is 69.3 Å². The molecule has 0 aliphatic heterocycles. The Kier molecular flexibility index (Phi) is 5.75. The van der Waals surface area contributed by atoms with Crippen LogP contribution in [0.4, 0.5) is 11.5 Å². The van der Waals surface area contributed by atoms with Crippen molar-refractivity contribution < 1.29 is 13.2 Å². The van der Waals surface area contributed by atoms with Gasteiger partial charge in [0.25, 0.3) is 5.91 Å². The molecule has 0 unspecified atom stereocenters. The minimum absolute atomic E-state index is 0.101. The van der Waals surface area contributed by atoms with E-state index in [1.807, 2.05) is 12.1 Å². The minimum atomic E-state index is -3.69. The number of hydrogen-bond acceptors (Lipinski definition) is 8. The van der Waals surface area contributed by atoms with Crippen molar-refractivity contribution in [1.29, 1.82) is 0 Å². The molecule has 1 fully saturated rings. The second kappa shape index (κ2) is 8.61. The van der Waals surface area contributed by atoms with E-state index in [2.05, 4.69) is 15.0 Å². The van der Waals surface area contributed by atoms with Gasteiger partial charge in [0.2, 0.25) is 0 Å². The molecule has 0 radical (unpaired) electrons. The topological polar surface area (TPSA) is 119 Å². The number of fused-ring (bicyclic) bond motifs is 1. The van der Waals surface area contributed by atoms with E-state index < -0.39 is 9.84 Å². The van der Waals surface area contributed by atoms with Gasteiger partial charge in [0.1, 0.15) is 10.7 Å². The predicted octanol–water partition coefficient (Wildman–Crippen LogP) is 4.45. The number of nitrogen functional groups attached to an aromatic ring is 1. The second-order valence-corrected chi connectivity index (χ2v) is 11.6. The summed E-state index contributed by atoms with van der Waals surface area (Å²) in [6, 6.07) is 10.4. The summed E-state index contributed by atoms with van der Waals surface area (Å²) in [7, 11) is -3.69. The monoisotopic (exact) mass is 513 g/mol. The number of sulfone groups is 1. The van der Waals surface area contributed by atoms with Gasteiger partial charge in [-0.15, -0.1) is 11.3 Å². The summed E-state index contributed by atoms with van der Waals surface area (Å²) < 4.78 is 24.9. The number of carbonyl (C=O) groups is 1. The molecule has 34 heavy (non-hydrogen) atoms. The molecule has 0 atom stereocenters. The molecule has 1 aliphatic rings. The third-order valence-electron chi connectivity index (χ3n) is 5.50. The number of carbonyl (C=O) groups excluding carboxylic acids is 1. The Morgan fingerprint density at radius 1 is 1.24 bits per heavy atom. The minimum Gasteiger partial charge on any atom is -0.382 e. The first-order valence-corrected chi connectivity index (χ1v) is 13.6. The fourth-order valence-electron chi connectivity index (χ4n) is 3.66. The van der Waals surface area contributed by atoms with Gasteiger partial charge in [-0.1, -0.05) is 23.7 Å². The van der Waals surface area contributed by atoms with Gasteiger partial charge in [0.05, 0.1) is 34.0 Å². The molecule has 1 aromatic carbocycles. The highest BCUT2D eigenvalue weighted by Crippen LogP contribution is 2.42. The number of nitrogens with two attached hydrogens (primary N) is 1. The van der Waals surface area contributed by atoms with Crippen molar-refractivity contribution >= 4 is 61.1 Å². The van der Waals surface area contributed by atoms with E-state index in [0.717, 1.165) is 35.1 Å². The Hall–Kier alpha value is -3.08. The third-order valence-corrected chi connectivity index (χ3v) is 7.97. The van der Waals surface area contributed by atoms with Crippen LogP contribution in [0.15, 0.2) is 53.8 Å². The highest BCUT2D eigenvalue weighted by Gasteiger charge is 2.30. The maximum Gasteiger partial charge on any atom is 0.270 e. The summed E-state index contributed by atoms with van der Waals surface area (Å²) in [5.74, 6) is 0.280. The first-order valence-electron chi connectivity index (χ1n) is 10.5. The van der Waals surface area contributed by atoms with Crippen LogP contribution in [-0.4, -0.2) is 35.5 Å². The average Bonchev–Trinajstić information content (AvgIpc) is 3.54. The highest BCUT2D eigenvalue weighted by molar-refractivity contribution is 7.90. The quantitative estimate of drug-likeness (QED) is 0.404. The Morgan fingerprint density at radius 2 is 2.03 bits per heavy atom. The van der Waals surface area contributed by atoms with E-state index in [1.54, 1.807) is 30.5 Å². The SMILES string of the molecule is CS(=O)(=O)c1ncccc1N(Cc1ccc2cc(Cl)c(N)nc2c1)C(=O)c1cnc(C2CC2)s1. The summed E-state index contributed by atoms with van der Waals surface area (Å²) in [5, 5.41) is 1.93.